The van der Waals surface area contributed by atoms with E-state index >= 15 is 0 Å². The molecule has 1 aromatic heterocycles. The molecule has 4 aromatic rings. The van der Waals surface area contributed by atoms with E-state index in [4.69, 9.17) is 23.2 Å². The van der Waals surface area contributed by atoms with Crippen LogP contribution in [0.4, 0.5) is 0 Å². The van der Waals surface area contributed by atoms with Gasteiger partial charge in [-0.05, 0) is 30.0 Å². The van der Waals surface area contributed by atoms with Crippen LogP contribution in [0.3, 0.4) is 0 Å². The second-order valence-electron chi connectivity index (χ2n) is 8.75. The van der Waals surface area contributed by atoms with Crippen molar-refractivity contribution in [1.29, 1.82) is 0 Å². The summed E-state index contributed by atoms with van der Waals surface area (Å²) in [6, 6.07) is 22.7. The Morgan fingerprint density at radius 1 is 0.921 bits per heavy atom. The minimum absolute atomic E-state index is 0. The van der Waals surface area contributed by atoms with Gasteiger partial charge in [-0.25, -0.2) is 0 Å². The third-order valence-corrected chi connectivity index (χ3v) is 5.98. The molecule has 5 rings (SSSR count). The fraction of sp³-hybridized carbons (Fsp3) is 0.200. The molecule has 4 nitrogen and oxygen atoms in total. The summed E-state index contributed by atoms with van der Waals surface area (Å²) in [5.41, 5.74) is 4.37. The standard InChI is InChI=1S/C19H13NO3.C10H14.CH2Cl2.ClH.Ru/c1-20-10-14(11-6-4-5-9-15(11)20)19(23)16-17(21)12-7-2-3-8-13(12)18(16)22;1-8(2)10-6-4-9(3)5-7-10;2-1-3;;/h2-10,21H,1H3;4-8H,1-3H3;1H2;1H;/q;;;;+2/p-2. The second kappa shape index (κ2) is 15.2. The number of para-hydroxylation sites is 1. The van der Waals surface area contributed by atoms with Gasteiger partial charge in [0.05, 0.1) is 10.9 Å². The van der Waals surface area contributed by atoms with Crippen LogP contribution in [0.1, 0.15) is 57.2 Å². The van der Waals surface area contributed by atoms with Gasteiger partial charge in [-0.1, -0.05) is 91.9 Å². The molecule has 0 saturated heterocycles. The van der Waals surface area contributed by atoms with Crippen molar-refractivity contribution in [2.75, 3.05) is 5.34 Å². The van der Waals surface area contributed by atoms with Crippen molar-refractivity contribution >= 4 is 51.4 Å². The predicted molar refractivity (Wildman–Crippen MR) is 147 cm³/mol. The molecule has 0 bridgehead atoms. The van der Waals surface area contributed by atoms with Crippen LogP contribution in [-0.2, 0) is 26.5 Å². The summed E-state index contributed by atoms with van der Waals surface area (Å²) in [6.07, 6.45) is 1.67. The van der Waals surface area contributed by atoms with E-state index in [1.165, 1.54) is 11.1 Å². The van der Waals surface area contributed by atoms with E-state index < -0.39 is 17.3 Å². The van der Waals surface area contributed by atoms with Crippen LogP contribution in [0.15, 0.2) is 84.6 Å². The zero-order valence-electron chi connectivity index (χ0n) is 21.4. The molecule has 0 unspecified atom stereocenters. The molecule has 200 valence electrons. The Labute approximate surface area is 252 Å². The van der Waals surface area contributed by atoms with Crippen molar-refractivity contribution in [3.63, 3.8) is 0 Å². The quantitative estimate of drug-likeness (QED) is 0.146. The number of aryl methyl sites for hydroxylation is 2. The number of hydrogen-bond donors (Lipinski definition) is 0. The van der Waals surface area contributed by atoms with Crippen molar-refractivity contribution < 1.29 is 46.6 Å². The van der Waals surface area contributed by atoms with Crippen LogP contribution < -0.4 is 17.5 Å². The molecular weight excluding hydrogens is 630 g/mol. The molecule has 8 heteroatoms. The van der Waals surface area contributed by atoms with Crippen molar-refractivity contribution in [2.45, 2.75) is 26.7 Å². The van der Waals surface area contributed by atoms with E-state index in [1.54, 1.807) is 30.5 Å². The van der Waals surface area contributed by atoms with Crippen LogP contribution in [0.5, 0.6) is 0 Å². The number of ketones is 2. The first-order valence-corrected chi connectivity index (χ1v) is 12.6. The molecule has 1 aliphatic rings. The van der Waals surface area contributed by atoms with Gasteiger partial charge in [-0.3, -0.25) is 9.59 Å². The number of aromatic nitrogens is 1. The molecule has 0 amide bonds. The summed E-state index contributed by atoms with van der Waals surface area (Å²) in [5, 5.41) is 13.4. The van der Waals surface area contributed by atoms with E-state index in [1.807, 2.05) is 35.9 Å². The third-order valence-electron chi connectivity index (χ3n) is 5.98. The SMILES string of the molecule is Cc1ccc(C(C)C)cc1.ClCCl.Cn1cc(C(=O)C2=C([O-])c3ccccc3C2=O)c2ccccc21.[Cl-].[Ru+2]. The molecule has 0 saturated carbocycles. The largest absolute Gasteiger partial charge is 2.00 e. The fourth-order valence-corrected chi connectivity index (χ4v) is 4.07. The number of fused-ring (bicyclic) bond motifs is 2. The molecular formula is C30H28Cl3NO3Ru. The number of rotatable bonds is 3. The Morgan fingerprint density at radius 3 is 2.00 bits per heavy atom. The first kappa shape index (κ1) is 33.6. The number of alkyl halides is 2. The number of allylic oxidation sites excluding steroid dienone is 1. The average molecular weight is 658 g/mol. The van der Waals surface area contributed by atoms with Crippen LogP contribution in [0.25, 0.3) is 16.7 Å². The molecule has 0 N–H and O–H groups in total. The molecule has 1 aliphatic carbocycles. The Morgan fingerprint density at radius 2 is 1.45 bits per heavy atom. The molecule has 0 spiro atoms. The van der Waals surface area contributed by atoms with Crippen molar-refractivity contribution in [3.8, 4) is 0 Å². The summed E-state index contributed by atoms with van der Waals surface area (Å²) in [4.78, 5) is 25.4. The van der Waals surface area contributed by atoms with Crippen molar-refractivity contribution in [2.24, 2.45) is 7.05 Å². The summed E-state index contributed by atoms with van der Waals surface area (Å²) < 4.78 is 1.82. The van der Waals surface area contributed by atoms with Crippen LogP contribution >= 0.6 is 23.2 Å². The van der Waals surface area contributed by atoms with Crippen molar-refractivity contribution in [1.82, 2.24) is 4.57 Å². The number of nitrogens with zero attached hydrogens (tertiary/aromatic N) is 1. The summed E-state index contributed by atoms with van der Waals surface area (Å²) in [6.45, 7) is 6.54. The second-order valence-corrected chi connectivity index (χ2v) is 9.55. The van der Waals surface area contributed by atoms with Gasteiger partial charge in [0.15, 0.2) is 11.6 Å². The number of halogens is 3. The molecule has 0 radical (unpaired) electrons. The molecule has 3 aromatic carbocycles. The van der Waals surface area contributed by atoms with E-state index in [-0.39, 0.29) is 42.8 Å². The Hall–Kier alpha value is -2.43. The number of benzene rings is 3. The predicted octanol–water partition coefficient (Wildman–Crippen LogP) is 3.87. The molecule has 0 aliphatic heterocycles. The summed E-state index contributed by atoms with van der Waals surface area (Å²) >= 11 is 9.53. The van der Waals surface area contributed by atoms with Crippen molar-refractivity contribution in [3.05, 3.63) is 112 Å². The topological polar surface area (TPSA) is 62.1 Å². The first-order valence-electron chi connectivity index (χ1n) is 11.5. The number of carbonyl (C=O) groups is 2. The normalized spacial score (nSPS) is 11.5. The summed E-state index contributed by atoms with van der Waals surface area (Å²) in [7, 11) is 1.83. The number of Topliss-reactive ketones (excluding diaryl/α,β-unsaturated/α-hetero) is 2. The van der Waals surface area contributed by atoms with Crippen LogP contribution in [0, 0.1) is 6.92 Å². The van der Waals surface area contributed by atoms with E-state index in [2.05, 4.69) is 45.0 Å². The number of hydrogen-bond acceptors (Lipinski definition) is 3. The van der Waals surface area contributed by atoms with Gasteiger partial charge in [0, 0.05) is 35.3 Å². The summed E-state index contributed by atoms with van der Waals surface area (Å²) in [5.74, 6) is -0.819. The van der Waals surface area contributed by atoms with Gasteiger partial charge in [-0.2, -0.15) is 0 Å². The molecule has 38 heavy (non-hydrogen) atoms. The minimum Gasteiger partial charge on any atom is -1.00 e. The van der Waals surface area contributed by atoms with Gasteiger partial charge in [-0.15, -0.1) is 23.2 Å². The number of carbonyl (C=O) groups excluding carboxylic acids is 2. The third kappa shape index (κ3) is 7.36. The monoisotopic (exact) mass is 657 g/mol. The Bertz CT molecular complexity index is 1430. The van der Waals surface area contributed by atoms with Gasteiger partial charge >= 0.3 is 19.5 Å². The van der Waals surface area contributed by atoms with Gasteiger partial charge < -0.3 is 22.1 Å². The maximum atomic E-state index is 12.9. The molecule has 1 heterocycles. The van der Waals surface area contributed by atoms with Crippen LogP contribution in [0.2, 0.25) is 0 Å². The zero-order chi connectivity index (χ0) is 26.4. The minimum atomic E-state index is -0.506. The Kier molecular flexibility index (Phi) is 13.5. The maximum Gasteiger partial charge on any atom is 2.00 e. The smallest absolute Gasteiger partial charge is 1.00 e. The van der Waals surface area contributed by atoms with E-state index in [0.717, 1.165) is 10.9 Å². The Balaban J connectivity index is 0.000000408. The first-order chi connectivity index (χ1) is 17.2. The van der Waals surface area contributed by atoms with Gasteiger partial charge in [0.2, 0.25) is 0 Å². The molecule has 0 atom stereocenters. The van der Waals surface area contributed by atoms with Crippen LogP contribution in [-0.4, -0.2) is 21.5 Å². The van der Waals surface area contributed by atoms with Gasteiger partial charge in [0.1, 0.15) is 0 Å². The molecule has 0 fully saturated rings. The van der Waals surface area contributed by atoms with E-state index in [0.29, 0.717) is 22.6 Å². The van der Waals surface area contributed by atoms with E-state index in [9.17, 15) is 14.7 Å². The average Bonchev–Trinajstić information content (AvgIpc) is 3.34. The zero-order valence-corrected chi connectivity index (χ0v) is 25.5. The fourth-order valence-electron chi connectivity index (χ4n) is 4.07. The van der Waals surface area contributed by atoms with Gasteiger partial charge in [0.25, 0.3) is 0 Å². The maximum absolute atomic E-state index is 12.9.